The average molecular weight is 246 g/mol. The first-order valence-corrected chi connectivity index (χ1v) is 8.45. The molecule has 0 bridgehead atoms. The molecule has 0 unspecified atom stereocenters. The molecular weight excluding hydrogens is 220 g/mol. The molecule has 2 nitrogen and oxygen atoms in total. The van der Waals surface area contributed by atoms with Gasteiger partial charge < -0.3 is 0 Å². The number of hydrogen-bond donors (Lipinski definition) is 0. The second kappa shape index (κ2) is 6.63. The molecule has 0 aromatic carbocycles. The van der Waals surface area contributed by atoms with E-state index < -0.39 is 9.84 Å². The zero-order valence-corrected chi connectivity index (χ0v) is 11.6. The smallest absolute Gasteiger partial charge is 0.152 e. The van der Waals surface area contributed by atoms with Gasteiger partial charge >= 0.3 is 0 Å². The Morgan fingerprint density at radius 2 is 1.56 bits per heavy atom. The molecule has 0 aromatic rings. The van der Waals surface area contributed by atoms with E-state index in [0.717, 1.165) is 18.8 Å². The summed E-state index contributed by atoms with van der Waals surface area (Å²) < 4.78 is 23.0. The lowest BCUT2D eigenvalue weighted by Gasteiger charge is -2.07. The van der Waals surface area contributed by atoms with Gasteiger partial charge in [-0.3, -0.25) is 0 Å². The standard InChI is InChI=1S/C13H26O2S/c1-12(2)16(14,15)11-7-5-3-4-6-8-13-9-10-13/h12-13H,3-11H2,1-2H3. The Morgan fingerprint density at radius 3 is 2.12 bits per heavy atom. The van der Waals surface area contributed by atoms with Crippen LogP contribution in [0.2, 0.25) is 0 Å². The molecule has 0 atom stereocenters. The van der Waals surface area contributed by atoms with Gasteiger partial charge in [0, 0.05) is 0 Å². The zero-order chi connectivity index (χ0) is 12.0. The topological polar surface area (TPSA) is 34.1 Å². The molecule has 1 saturated carbocycles. The van der Waals surface area contributed by atoms with Crippen LogP contribution in [0.1, 0.15) is 65.2 Å². The van der Waals surface area contributed by atoms with E-state index >= 15 is 0 Å². The van der Waals surface area contributed by atoms with Gasteiger partial charge in [0.05, 0.1) is 11.0 Å². The Bertz CT molecular complexity index is 276. The Hall–Kier alpha value is -0.0500. The van der Waals surface area contributed by atoms with Crippen molar-refractivity contribution in [1.82, 2.24) is 0 Å². The van der Waals surface area contributed by atoms with Crippen molar-refractivity contribution in [2.75, 3.05) is 5.75 Å². The van der Waals surface area contributed by atoms with E-state index in [1.807, 2.05) is 0 Å². The largest absolute Gasteiger partial charge is 0.229 e. The monoisotopic (exact) mass is 246 g/mol. The summed E-state index contributed by atoms with van der Waals surface area (Å²) in [6, 6.07) is 0. The van der Waals surface area contributed by atoms with Crippen LogP contribution < -0.4 is 0 Å². The molecule has 1 aliphatic carbocycles. The molecule has 0 amide bonds. The normalized spacial score (nSPS) is 16.9. The summed E-state index contributed by atoms with van der Waals surface area (Å²) in [5.41, 5.74) is 0. The maximum atomic E-state index is 11.5. The maximum absolute atomic E-state index is 11.5. The first-order valence-electron chi connectivity index (χ1n) is 6.74. The molecule has 0 heterocycles. The van der Waals surface area contributed by atoms with Gasteiger partial charge in [0.25, 0.3) is 0 Å². The highest BCUT2D eigenvalue weighted by Gasteiger charge is 2.19. The quantitative estimate of drug-likeness (QED) is 0.583. The molecule has 0 spiro atoms. The third kappa shape index (κ3) is 5.88. The highest BCUT2D eigenvalue weighted by atomic mass is 32.2. The highest BCUT2D eigenvalue weighted by Crippen LogP contribution is 2.34. The van der Waals surface area contributed by atoms with Crippen molar-refractivity contribution in [3.63, 3.8) is 0 Å². The molecule has 1 fully saturated rings. The van der Waals surface area contributed by atoms with Crippen molar-refractivity contribution in [2.45, 2.75) is 70.5 Å². The van der Waals surface area contributed by atoms with E-state index in [1.54, 1.807) is 13.8 Å². The SMILES string of the molecule is CC(C)S(=O)(=O)CCCCCCCC1CC1. The van der Waals surface area contributed by atoms with Crippen LogP contribution in [0.4, 0.5) is 0 Å². The van der Waals surface area contributed by atoms with E-state index in [0.29, 0.717) is 5.75 Å². The molecule has 1 aliphatic rings. The lowest BCUT2D eigenvalue weighted by atomic mass is 10.1. The summed E-state index contributed by atoms with van der Waals surface area (Å²) in [7, 11) is -2.79. The van der Waals surface area contributed by atoms with E-state index in [2.05, 4.69) is 0 Å². The fraction of sp³-hybridized carbons (Fsp3) is 1.00. The van der Waals surface area contributed by atoms with E-state index in [-0.39, 0.29) is 5.25 Å². The second-order valence-electron chi connectivity index (χ2n) is 5.42. The van der Waals surface area contributed by atoms with Crippen LogP contribution in [0.3, 0.4) is 0 Å². The summed E-state index contributed by atoms with van der Waals surface area (Å²) >= 11 is 0. The molecule has 0 saturated heterocycles. The van der Waals surface area contributed by atoms with Crippen LogP contribution in [-0.2, 0) is 9.84 Å². The van der Waals surface area contributed by atoms with Gasteiger partial charge in [0.15, 0.2) is 9.84 Å². The van der Waals surface area contributed by atoms with E-state index in [4.69, 9.17) is 0 Å². The van der Waals surface area contributed by atoms with Crippen molar-refractivity contribution in [2.24, 2.45) is 5.92 Å². The molecular formula is C13H26O2S. The van der Waals surface area contributed by atoms with E-state index in [1.165, 1.54) is 38.5 Å². The highest BCUT2D eigenvalue weighted by molar-refractivity contribution is 7.91. The zero-order valence-electron chi connectivity index (χ0n) is 10.7. The Balaban J connectivity index is 1.90. The summed E-state index contributed by atoms with van der Waals surface area (Å²) in [6.45, 7) is 3.54. The summed E-state index contributed by atoms with van der Waals surface area (Å²) in [6.07, 6.45) is 10.1. The minimum Gasteiger partial charge on any atom is -0.229 e. The number of rotatable bonds is 9. The van der Waals surface area contributed by atoms with Gasteiger partial charge in [-0.05, 0) is 26.2 Å². The molecule has 1 rings (SSSR count). The third-order valence-corrected chi connectivity index (χ3v) is 5.75. The number of hydrogen-bond acceptors (Lipinski definition) is 2. The molecule has 0 aliphatic heterocycles. The summed E-state index contributed by atoms with van der Waals surface area (Å²) in [5, 5.41) is -0.206. The Labute approximate surface area is 101 Å². The van der Waals surface area contributed by atoms with Gasteiger partial charge in [-0.2, -0.15) is 0 Å². The van der Waals surface area contributed by atoms with Crippen LogP contribution in [-0.4, -0.2) is 19.4 Å². The first-order chi connectivity index (χ1) is 7.52. The van der Waals surface area contributed by atoms with Crippen molar-refractivity contribution in [3.05, 3.63) is 0 Å². The Morgan fingerprint density at radius 1 is 1.00 bits per heavy atom. The Kier molecular flexibility index (Phi) is 5.81. The van der Waals surface area contributed by atoms with Crippen molar-refractivity contribution < 1.29 is 8.42 Å². The fourth-order valence-corrected chi connectivity index (χ4v) is 2.99. The van der Waals surface area contributed by atoms with E-state index in [9.17, 15) is 8.42 Å². The molecule has 3 heteroatoms. The van der Waals surface area contributed by atoms with Crippen LogP contribution in [0.5, 0.6) is 0 Å². The maximum Gasteiger partial charge on any atom is 0.152 e. The number of sulfone groups is 1. The minimum atomic E-state index is -2.79. The van der Waals surface area contributed by atoms with Gasteiger partial charge in [-0.25, -0.2) is 8.42 Å². The molecule has 0 aromatic heterocycles. The van der Waals surface area contributed by atoms with Crippen LogP contribution in [0, 0.1) is 5.92 Å². The van der Waals surface area contributed by atoms with Gasteiger partial charge in [-0.15, -0.1) is 0 Å². The lowest BCUT2D eigenvalue weighted by Crippen LogP contribution is -2.17. The summed E-state index contributed by atoms with van der Waals surface area (Å²) in [4.78, 5) is 0. The summed E-state index contributed by atoms with van der Waals surface area (Å²) in [5.74, 6) is 1.43. The average Bonchev–Trinajstić information content (AvgIpc) is 2.99. The second-order valence-corrected chi connectivity index (χ2v) is 8.09. The third-order valence-electron chi connectivity index (χ3n) is 3.46. The predicted octanol–water partition coefficient (Wildman–Crippen LogP) is 3.56. The van der Waals surface area contributed by atoms with Crippen molar-refractivity contribution >= 4 is 9.84 Å². The van der Waals surface area contributed by atoms with Crippen molar-refractivity contribution in [3.8, 4) is 0 Å². The van der Waals surface area contributed by atoms with Gasteiger partial charge in [-0.1, -0.05) is 44.9 Å². The van der Waals surface area contributed by atoms with Crippen molar-refractivity contribution in [1.29, 1.82) is 0 Å². The molecule has 96 valence electrons. The first kappa shape index (κ1) is 14.0. The van der Waals surface area contributed by atoms with Crippen LogP contribution >= 0.6 is 0 Å². The molecule has 0 radical (unpaired) electrons. The number of unbranched alkanes of at least 4 members (excludes halogenated alkanes) is 4. The lowest BCUT2D eigenvalue weighted by molar-refractivity contribution is 0.566. The van der Waals surface area contributed by atoms with Gasteiger partial charge in [0.1, 0.15) is 0 Å². The minimum absolute atomic E-state index is 0.206. The predicted molar refractivity (Wildman–Crippen MR) is 69.3 cm³/mol. The molecule has 16 heavy (non-hydrogen) atoms. The van der Waals surface area contributed by atoms with Gasteiger partial charge in [0.2, 0.25) is 0 Å². The molecule has 0 N–H and O–H groups in total. The van der Waals surface area contributed by atoms with Crippen LogP contribution in [0.25, 0.3) is 0 Å². The fourth-order valence-electron chi connectivity index (χ4n) is 1.91. The van der Waals surface area contributed by atoms with Crippen LogP contribution in [0.15, 0.2) is 0 Å².